The molecule has 0 unspecified atom stereocenters. The number of aliphatic carboxylic acids is 3. The van der Waals surface area contributed by atoms with Crippen LogP contribution in [0, 0.1) is 10.1 Å². The topological polar surface area (TPSA) is 690 Å². The van der Waals surface area contributed by atoms with Crippen LogP contribution in [0.1, 0.15) is 79.3 Å². The maximum absolute atomic E-state index is 14.8. The molecule has 0 bridgehead atoms. The lowest BCUT2D eigenvalue weighted by atomic mass is 9.96. The number of nitrogens with zero attached hydrogens (tertiary/aromatic N) is 2. The minimum absolute atomic E-state index is 0.0148. The Kier molecular flexibility index (Phi) is 31.1. The number of Topliss-reactive ketones (excluding diaryl/α,β-unsaturated/α-hetero) is 1. The van der Waals surface area contributed by atoms with Crippen LogP contribution in [0.4, 0.5) is 16.2 Å². The van der Waals surface area contributed by atoms with E-state index in [0.29, 0.717) is 5.56 Å². The zero-order valence-corrected chi connectivity index (χ0v) is 56.2. The Labute approximate surface area is 600 Å². The van der Waals surface area contributed by atoms with E-state index in [1.807, 2.05) is 10.6 Å². The van der Waals surface area contributed by atoms with Crippen molar-refractivity contribution in [2.75, 3.05) is 25.5 Å². The van der Waals surface area contributed by atoms with Crippen LogP contribution in [0.3, 0.4) is 0 Å². The number of non-ortho nitro benzene ring substituents is 1. The summed E-state index contributed by atoms with van der Waals surface area (Å²) in [6, 6.07) is 1.75. The lowest BCUT2D eigenvalue weighted by Crippen LogP contribution is -2.67. The molecule has 0 aliphatic carbocycles. The largest absolute Gasteiger partial charge is 0.481 e. The fourth-order valence-corrected chi connectivity index (χ4v) is 11.5. The number of carbonyl (C=O) groups is 14. The van der Waals surface area contributed by atoms with Crippen molar-refractivity contribution in [2.45, 2.75) is 180 Å². The average molecular weight is 1500 g/mol. The number of carboxylic acids is 3. The Balaban J connectivity index is 1.30. The second-order valence-corrected chi connectivity index (χ2v) is 24.9. The molecular formula is C64H83N13O29. The van der Waals surface area contributed by atoms with Crippen LogP contribution < -0.4 is 59.7 Å². The summed E-state index contributed by atoms with van der Waals surface area (Å²) in [5.41, 5.74) is 17.3. The number of rotatable bonds is 38. The van der Waals surface area contributed by atoms with E-state index in [0.717, 1.165) is 29.2 Å². The van der Waals surface area contributed by atoms with E-state index in [4.69, 9.17) is 31.4 Å². The van der Waals surface area contributed by atoms with Gasteiger partial charge < -0.3 is 130 Å². The molecule has 0 saturated carbocycles. The molecule has 24 N–H and O–H groups in total. The number of urea groups is 1. The van der Waals surface area contributed by atoms with Crippen LogP contribution >= 0.6 is 0 Å². The van der Waals surface area contributed by atoms with Crippen LogP contribution in [0.15, 0.2) is 78.9 Å². The SMILES string of the molecule is NC(=O)CC[C@H](NC(=O)[C@H](CC(=O)O)NC(=O)[C@H](CC(=O)N[C@@H]1O[C@H](CO)[C@@H](O[C@@H]2O[C@H](CO)[C@H](O)[C@H](O)[C@H]2O)[C@H](O)[C@H]1O)NC(=O)N1CCC[C@H]1C(=O)N[C@@H](CCC(N)=O)C(=O)N[C@@H](Cc1ccccc1)C(=O)c1ccccc1N)C(=O)N[C@@H](Cc1ccc([N+](=O)[O-])cc1)C(=O)N[C@@H](CC(=O)O)C(=O)O. The Bertz CT molecular complexity index is 3690. The molecule has 3 fully saturated rings. The highest BCUT2D eigenvalue weighted by molar-refractivity contribution is 6.06. The number of carbonyl (C=O) groups excluding carboxylic acids is 11. The van der Waals surface area contributed by atoms with Crippen molar-refractivity contribution in [1.82, 2.24) is 47.4 Å². The molecule has 42 heteroatoms. The van der Waals surface area contributed by atoms with Gasteiger partial charge in [0.15, 0.2) is 18.3 Å². The number of benzene rings is 3. The predicted octanol–water partition coefficient (Wildman–Crippen LogP) is -8.01. The second-order valence-electron chi connectivity index (χ2n) is 24.9. The highest BCUT2D eigenvalue weighted by Crippen LogP contribution is 2.30. The molecule has 3 aromatic rings. The first-order valence-electron chi connectivity index (χ1n) is 32.8. The first-order valence-corrected chi connectivity index (χ1v) is 32.8. The molecule has 3 aromatic carbocycles. The number of aliphatic hydroxyl groups is 7. The van der Waals surface area contributed by atoms with Gasteiger partial charge in [-0.15, -0.1) is 0 Å². The molecule has 42 nitrogen and oxygen atoms in total. The summed E-state index contributed by atoms with van der Waals surface area (Å²) in [7, 11) is 0. The van der Waals surface area contributed by atoms with Crippen molar-refractivity contribution in [3.63, 3.8) is 0 Å². The zero-order chi connectivity index (χ0) is 78.4. The fraction of sp³-hybridized carbons (Fsp3) is 0.500. The summed E-state index contributed by atoms with van der Waals surface area (Å²) in [4.78, 5) is 201. The van der Waals surface area contributed by atoms with E-state index >= 15 is 0 Å². The average Bonchev–Trinajstić information content (AvgIpc) is 0.918. The van der Waals surface area contributed by atoms with Gasteiger partial charge >= 0.3 is 23.9 Å². The van der Waals surface area contributed by atoms with E-state index in [-0.39, 0.29) is 42.6 Å². The van der Waals surface area contributed by atoms with Gasteiger partial charge in [0.05, 0.1) is 43.4 Å². The number of aliphatic hydroxyl groups excluding tert-OH is 7. The number of anilines is 1. The van der Waals surface area contributed by atoms with Crippen molar-refractivity contribution >= 4 is 94.3 Å². The number of nitro benzene ring substituents is 1. The van der Waals surface area contributed by atoms with Gasteiger partial charge in [0.2, 0.25) is 53.2 Å². The van der Waals surface area contributed by atoms with E-state index in [9.17, 15) is 128 Å². The number of likely N-dealkylation sites (tertiary alicyclic amines) is 1. The van der Waals surface area contributed by atoms with Gasteiger partial charge in [-0.1, -0.05) is 54.6 Å². The molecule has 3 saturated heterocycles. The molecule has 106 heavy (non-hydrogen) atoms. The first kappa shape index (κ1) is 84.0. The van der Waals surface area contributed by atoms with Gasteiger partial charge in [0, 0.05) is 55.6 Å². The summed E-state index contributed by atoms with van der Waals surface area (Å²) in [6.45, 7) is -2.37. The molecular weight excluding hydrogens is 1410 g/mol. The molecule has 578 valence electrons. The van der Waals surface area contributed by atoms with Crippen molar-refractivity contribution < 1.29 is 137 Å². The highest BCUT2D eigenvalue weighted by Gasteiger charge is 2.51. The Morgan fingerprint density at radius 3 is 1.62 bits per heavy atom. The van der Waals surface area contributed by atoms with Crippen molar-refractivity contribution in [1.29, 1.82) is 0 Å². The zero-order valence-electron chi connectivity index (χ0n) is 56.2. The van der Waals surface area contributed by atoms with Crippen LogP contribution in [0.25, 0.3) is 0 Å². The van der Waals surface area contributed by atoms with Crippen molar-refractivity contribution in [2.24, 2.45) is 11.5 Å². The number of nitrogen functional groups attached to an aromatic ring is 1. The van der Waals surface area contributed by atoms with Crippen molar-refractivity contribution in [3.8, 4) is 0 Å². The monoisotopic (exact) mass is 1500 g/mol. The molecule has 3 heterocycles. The molecule has 11 amide bonds. The number of amides is 11. The number of ether oxygens (including phenoxy) is 3. The summed E-state index contributed by atoms with van der Waals surface area (Å²) in [5, 5.41) is 132. The van der Waals surface area contributed by atoms with Crippen LogP contribution in [-0.4, -0.2) is 273 Å². The fourth-order valence-electron chi connectivity index (χ4n) is 11.5. The number of nitro groups is 1. The Hall–Kier alpha value is -11.0. The first-order chi connectivity index (χ1) is 50.1. The smallest absolute Gasteiger partial charge is 0.326 e. The normalized spacial score (nSPS) is 23.2. The number of hydrogen-bond acceptors (Lipinski definition) is 27. The number of para-hydroxylation sites is 1. The molecule has 3 aliphatic heterocycles. The lowest BCUT2D eigenvalue weighted by molar-refractivity contribution is -0.384. The van der Waals surface area contributed by atoms with Gasteiger partial charge in [-0.05, 0) is 48.9 Å². The Morgan fingerprint density at radius 1 is 0.557 bits per heavy atom. The Morgan fingerprint density at radius 2 is 1.06 bits per heavy atom. The standard InChI is InChI=1S/C64H83N13O29/c65-32-10-5-4-9-31(32)48(87)35(21-28-7-2-1-3-8-28)70-55(93)34(17-19-44(67)81)69-60(98)40-11-6-20-76(40)64(101)74-37(23-45(82)75-61-52(91)51(90)54(42(27-79)104-61)106-63-53(92)50(89)49(88)41(26-78)105-63)58(96)72-38(24-46(83)84)59(97)68-33(16-18-43(66)80)56(94)71-36(22-29-12-14-30(15-13-29)77(102)103)57(95)73-39(62(99)100)25-47(85)86/h1-5,7-10,12-15,33-42,49-54,61,63,78-79,88-92H,6,11,16-27,65H2,(H2,66,80)(H2,67,81)(H,68,97)(H,69,98)(H,70,93)(H,71,94)(H,72,96)(H,73,95)(H,74,101)(H,75,82)(H,83,84)(H,85,86)(H,99,100)/t33-,34-,35-,36-,37-,38-,39-,40-,41+,42+,49-,50-,51+,52+,53+,54+,61+,63-/m0/s1. The highest BCUT2D eigenvalue weighted by atomic mass is 16.7. The minimum atomic E-state index is -2.39. The number of ketones is 1. The molecule has 0 spiro atoms. The summed E-state index contributed by atoms with van der Waals surface area (Å²) in [5.74, 6) is -17.6. The summed E-state index contributed by atoms with van der Waals surface area (Å²) < 4.78 is 16.5. The predicted molar refractivity (Wildman–Crippen MR) is 354 cm³/mol. The van der Waals surface area contributed by atoms with Crippen LogP contribution in [0.2, 0.25) is 0 Å². The van der Waals surface area contributed by atoms with Crippen LogP contribution in [-0.2, 0) is 84.6 Å². The molecule has 18 atom stereocenters. The number of hydrogen-bond donors (Lipinski definition) is 21. The molecule has 0 radical (unpaired) electrons. The second kappa shape index (κ2) is 39.2. The van der Waals surface area contributed by atoms with Gasteiger partial charge in [-0.3, -0.25) is 67.6 Å². The van der Waals surface area contributed by atoms with Gasteiger partial charge in [0.1, 0.15) is 91.1 Å². The van der Waals surface area contributed by atoms with E-state index in [1.165, 1.54) is 18.2 Å². The third-order valence-corrected chi connectivity index (χ3v) is 17.1. The van der Waals surface area contributed by atoms with Crippen LogP contribution in [0.5, 0.6) is 0 Å². The quantitative estimate of drug-likeness (QED) is 0.0110. The van der Waals surface area contributed by atoms with Crippen molar-refractivity contribution in [3.05, 3.63) is 106 Å². The lowest BCUT2D eigenvalue weighted by Gasteiger charge is -2.46. The number of nitrogens with two attached hydrogens (primary N) is 3. The third kappa shape index (κ3) is 23.8. The van der Waals surface area contributed by atoms with Gasteiger partial charge in [-0.25, -0.2) is 9.59 Å². The number of carboxylic acid groups (broad SMARTS) is 3. The molecule has 3 aliphatic rings. The third-order valence-electron chi connectivity index (χ3n) is 17.1. The minimum Gasteiger partial charge on any atom is -0.481 e. The molecule has 0 aromatic heterocycles. The number of nitrogens with one attached hydrogen (secondary N) is 8. The van der Waals surface area contributed by atoms with E-state index in [1.54, 1.807) is 36.4 Å². The summed E-state index contributed by atoms with van der Waals surface area (Å²) in [6.07, 6.45) is -27.3. The molecule has 6 rings (SSSR count). The summed E-state index contributed by atoms with van der Waals surface area (Å²) >= 11 is 0. The van der Waals surface area contributed by atoms with Gasteiger partial charge in [-0.2, -0.15) is 0 Å². The number of primary amides is 2. The maximum atomic E-state index is 14.8. The van der Waals surface area contributed by atoms with E-state index < -0.39 is 268 Å². The van der Waals surface area contributed by atoms with Gasteiger partial charge in [0.25, 0.3) is 5.69 Å². The maximum Gasteiger partial charge on any atom is 0.326 e. The van der Waals surface area contributed by atoms with E-state index in [2.05, 4.69) is 31.9 Å².